The van der Waals surface area contributed by atoms with Gasteiger partial charge in [-0.3, -0.25) is 24.1 Å². The lowest BCUT2D eigenvalue weighted by Crippen LogP contribution is -2.60. The van der Waals surface area contributed by atoms with Crippen LogP contribution in [0, 0.1) is 46.8 Å². The average Bonchev–Trinajstić information content (AvgIpc) is 3.80. The summed E-state index contributed by atoms with van der Waals surface area (Å²) in [5, 5.41) is 10.8. The number of methoxy groups -OCH3 is 1. The molecule has 4 aromatic carbocycles. The molecule has 17 heteroatoms. The lowest BCUT2D eigenvalue weighted by Gasteiger charge is -2.50. The molecule has 4 amide bonds. The molecule has 2 aliphatic heterocycles. The first-order chi connectivity index (χ1) is 27.1. The molecule has 1 saturated carbocycles. The lowest BCUT2D eigenvalue weighted by atomic mass is 9.56. The Morgan fingerprint density at radius 3 is 2.14 bits per heavy atom. The maximum absolute atomic E-state index is 15.3. The highest BCUT2D eigenvalue weighted by Crippen LogP contribution is 2.66. The van der Waals surface area contributed by atoms with Crippen LogP contribution in [0.2, 0.25) is 0 Å². The minimum absolute atomic E-state index is 0.0178. The number of amides is 4. The number of hydrogen-bond donors (Lipinski definition) is 1. The van der Waals surface area contributed by atoms with Crippen molar-refractivity contribution in [3.8, 4) is 23.0 Å². The number of imide groups is 2. The number of halogens is 7. The highest BCUT2D eigenvalue weighted by molar-refractivity contribution is 6.58. The third-order valence-corrected chi connectivity index (χ3v) is 12.8. The molecule has 5 aromatic rings. The Kier molecular flexibility index (Phi) is 8.14. The second-order valence-corrected chi connectivity index (χ2v) is 15.4. The first-order valence-corrected chi connectivity index (χ1v) is 18.1. The predicted octanol–water partition coefficient (Wildman–Crippen LogP) is 7.67. The number of phenolic OH excluding ortho intramolecular Hbond substituents is 1. The normalized spacial score (nSPS) is 26.8. The van der Waals surface area contributed by atoms with E-state index in [0.29, 0.717) is 22.6 Å². The molecule has 3 heterocycles. The monoisotopic (exact) mass is 823 g/mol. The third kappa shape index (κ3) is 4.84. The number of carbonyl (C=O) groups excluding carboxylic acids is 4. The Balaban J connectivity index is 1.15. The highest BCUT2D eigenvalue weighted by atomic mass is 35.5. The maximum atomic E-state index is 15.3. The van der Waals surface area contributed by atoms with Gasteiger partial charge in [-0.2, -0.15) is 0 Å². The van der Waals surface area contributed by atoms with Gasteiger partial charge in [-0.1, -0.05) is 29.8 Å². The molecule has 2 saturated heterocycles. The van der Waals surface area contributed by atoms with Crippen molar-refractivity contribution >= 4 is 69.3 Å². The van der Waals surface area contributed by atoms with Gasteiger partial charge in [0.15, 0.2) is 50.1 Å². The van der Waals surface area contributed by atoms with Gasteiger partial charge in [0.05, 0.1) is 24.6 Å². The molecule has 57 heavy (non-hydrogen) atoms. The minimum Gasteiger partial charge on any atom is -0.504 e. The van der Waals surface area contributed by atoms with Crippen molar-refractivity contribution in [1.29, 1.82) is 0 Å². The van der Waals surface area contributed by atoms with E-state index in [4.69, 9.17) is 32.4 Å². The molecule has 1 aromatic heterocycles. The second-order valence-electron chi connectivity index (χ2n) is 14.2. The van der Waals surface area contributed by atoms with E-state index in [2.05, 4.69) is 4.98 Å². The van der Waals surface area contributed by atoms with E-state index in [0.717, 1.165) is 11.0 Å². The Morgan fingerprint density at radius 2 is 1.49 bits per heavy atom. The fourth-order valence-corrected chi connectivity index (χ4v) is 9.77. The van der Waals surface area contributed by atoms with Gasteiger partial charge in [-0.25, -0.2) is 31.8 Å². The molecule has 4 aliphatic rings. The Labute approximate surface area is 328 Å². The molecule has 2 aliphatic carbocycles. The van der Waals surface area contributed by atoms with Crippen LogP contribution in [-0.4, -0.2) is 50.6 Å². The number of phenols is 1. The largest absolute Gasteiger partial charge is 0.504 e. The molecule has 0 radical (unpaired) electrons. The number of rotatable bonds is 5. The van der Waals surface area contributed by atoms with E-state index in [1.807, 2.05) is 0 Å². The van der Waals surface area contributed by atoms with Gasteiger partial charge in [0, 0.05) is 11.5 Å². The molecule has 6 atom stereocenters. The van der Waals surface area contributed by atoms with E-state index < -0.39 is 104 Å². The number of fused-ring (bicyclic) bond motifs is 5. The molecule has 1 N–H and O–H groups in total. The quantitative estimate of drug-likeness (QED) is 0.0478. The smallest absolute Gasteiger partial charge is 0.258 e. The van der Waals surface area contributed by atoms with Crippen LogP contribution in [0.3, 0.4) is 0 Å². The number of alkyl halides is 2. The van der Waals surface area contributed by atoms with Crippen LogP contribution in [-0.2, 0) is 19.2 Å². The molecule has 0 spiro atoms. The Morgan fingerprint density at radius 1 is 0.825 bits per heavy atom. The van der Waals surface area contributed by atoms with Crippen molar-refractivity contribution in [3.63, 3.8) is 0 Å². The molecule has 0 bridgehead atoms. The molecule has 3 fully saturated rings. The number of hydrogen-bond acceptors (Lipinski definition) is 8. The van der Waals surface area contributed by atoms with Gasteiger partial charge in [0.1, 0.15) is 11.2 Å². The summed E-state index contributed by atoms with van der Waals surface area (Å²) in [7, 11) is 1.26. The summed E-state index contributed by atoms with van der Waals surface area (Å²) in [5.41, 5.74) is 0.291. The van der Waals surface area contributed by atoms with Crippen molar-refractivity contribution in [2.75, 3.05) is 16.9 Å². The summed E-state index contributed by atoms with van der Waals surface area (Å²) in [6, 6.07) is 17.2. The summed E-state index contributed by atoms with van der Waals surface area (Å²) in [4.78, 5) is 57.2. The molecule has 9 rings (SSSR count). The number of allylic oxidation sites excluding steroid dienone is 2. The fraction of sp³-hybridized carbons (Fsp3) is 0.225. The summed E-state index contributed by atoms with van der Waals surface area (Å²) >= 11 is 14.3. The van der Waals surface area contributed by atoms with Crippen molar-refractivity contribution < 1.29 is 55.4 Å². The molecular formula is C40H24Cl2F5N3O7. The van der Waals surface area contributed by atoms with Crippen LogP contribution in [0.25, 0.3) is 22.6 Å². The number of para-hydroxylation sites is 2. The molecule has 290 valence electrons. The number of nitrogens with zero attached hydrogens (tertiary/aromatic N) is 3. The van der Waals surface area contributed by atoms with Crippen LogP contribution in [0.5, 0.6) is 11.5 Å². The van der Waals surface area contributed by atoms with E-state index in [9.17, 15) is 37.5 Å². The Bertz CT molecular complexity index is 2610. The van der Waals surface area contributed by atoms with Gasteiger partial charge in [-0.15, -0.1) is 23.2 Å². The molecule has 10 nitrogen and oxygen atoms in total. The average molecular weight is 825 g/mol. The first kappa shape index (κ1) is 36.8. The van der Waals surface area contributed by atoms with Crippen LogP contribution >= 0.6 is 23.2 Å². The number of oxazole rings is 1. The number of ether oxygens (including phenoxy) is 1. The van der Waals surface area contributed by atoms with E-state index >= 15 is 8.78 Å². The number of aromatic hydroxyl groups is 1. The fourth-order valence-electron chi connectivity index (χ4n) is 8.83. The van der Waals surface area contributed by atoms with Gasteiger partial charge in [-0.05, 0) is 72.9 Å². The van der Waals surface area contributed by atoms with Crippen molar-refractivity contribution in [2.24, 2.45) is 17.8 Å². The zero-order valence-corrected chi connectivity index (χ0v) is 30.5. The van der Waals surface area contributed by atoms with Crippen LogP contribution in [0.15, 0.2) is 82.8 Å². The van der Waals surface area contributed by atoms with Crippen molar-refractivity contribution in [1.82, 2.24) is 4.98 Å². The predicted molar refractivity (Wildman–Crippen MR) is 193 cm³/mol. The third-order valence-electron chi connectivity index (χ3n) is 11.4. The number of carbonyl (C=O) groups is 4. The number of anilines is 2. The van der Waals surface area contributed by atoms with Crippen LogP contribution < -0.4 is 14.5 Å². The maximum Gasteiger partial charge on any atom is 0.258 e. The number of aromatic nitrogens is 1. The highest BCUT2D eigenvalue weighted by Gasteiger charge is 2.77. The van der Waals surface area contributed by atoms with Gasteiger partial charge in [0.2, 0.25) is 23.5 Å². The summed E-state index contributed by atoms with van der Waals surface area (Å²) in [5.74, 6) is -22.0. The summed E-state index contributed by atoms with van der Waals surface area (Å²) in [6.45, 7) is 0. The summed E-state index contributed by atoms with van der Waals surface area (Å²) in [6.07, 6.45) is 0.814. The van der Waals surface area contributed by atoms with E-state index in [1.54, 1.807) is 42.5 Å². The first-order valence-electron chi connectivity index (χ1n) is 17.3. The van der Waals surface area contributed by atoms with Crippen molar-refractivity contribution in [2.45, 2.75) is 28.5 Å². The SMILES string of the molecule is COc1ccc(C2C3=CCC4C(=O)N(c5ccc(-c6nc7ccccc7o6)cc5)C(=O)C4C3CC3(Cl)C(=O)N(c4c(F)c(F)c(F)c(F)c4F)C(=O)C23Cl)cc1O. The number of benzene rings is 4. The van der Waals surface area contributed by atoms with Crippen molar-refractivity contribution in [3.05, 3.63) is 113 Å². The van der Waals surface area contributed by atoms with Gasteiger partial charge >= 0.3 is 0 Å². The van der Waals surface area contributed by atoms with E-state index in [1.165, 1.54) is 31.4 Å². The van der Waals surface area contributed by atoms with Gasteiger partial charge < -0.3 is 14.3 Å². The second kappa shape index (κ2) is 12.6. The van der Waals surface area contributed by atoms with Crippen LogP contribution in [0.4, 0.5) is 33.3 Å². The topological polar surface area (TPSA) is 130 Å². The van der Waals surface area contributed by atoms with Gasteiger partial charge in [0.25, 0.3) is 11.8 Å². The molecular weight excluding hydrogens is 800 g/mol. The summed E-state index contributed by atoms with van der Waals surface area (Å²) < 4.78 is 84.8. The minimum atomic E-state index is -2.74. The molecule has 6 unspecified atom stereocenters. The lowest BCUT2D eigenvalue weighted by molar-refractivity contribution is -0.125. The van der Waals surface area contributed by atoms with E-state index in [-0.39, 0.29) is 33.9 Å². The van der Waals surface area contributed by atoms with Crippen LogP contribution in [0.1, 0.15) is 24.3 Å². The zero-order chi connectivity index (χ0) is 40.5. The zero-order valence-electron chi connectivity index (χ0n) is 29.0. The standard InChI is InChI=1S/C40H24Cl2F5N3O7/c1-56-25-13-8-17(14-23(25)51)27-19-11-12-20-26(36(53)49(35(20)52)18-9-6-16(7-10-18)34-48-22-4-2-3-5-24(22)57-34)21(19)15-39(41)37(54)50(38(55)40(27,39)42)33-31(46)29(44)28(43)30(45)32(33)47/h2-11,13-14,20-21,26-27,51H,12,15H2,1H3. The Hall–Kier alpha value is -5.80.